The number of nitrogens with one attached hydrogen (secondary N) is 1. The third-order valence-corrected chi connectivity index (χ3v) is 4.79. The molecule has 0 atom stereocenters. The van der Waals surface area contributed by atoms with Gasteiger partial charge in [-0.3, -0.25) is 14.2 Å². The molecule has 0 saturated carbocycles. The Morgan fingerprint density at radius 3 is 2.48 bits per heavy atom. The summed E-state index contributed by atoms with van der Waals surface area (Å²) in [6, 6.07) is 10.1. The van der Waals surface area contributed by atoms with Crippen LogP contribution in [0.15, 0.2) is 41.0 Å². The van der Waals surface area contributed by atoms with Crippen LogP contribution in [0.4, 0.5) is 5.69 Å². The second kappa shape index (κ2) is 7.23. The molecule has 1 amide bonds. The zero-order chi connectivity index (χ0) is 18.0. The van der Waals surface area contributed by atoms with Crippen molar-refractivity contribution in [2.75, 3.05) is 5.32 Å². The number of hydrogen-bond donors (Lipinski definition) is 1. The summed E-state index contributed by atoms with van der Waals surface area (Å²) in [6.45, 7) is 6.59. The number of benzene rings is 1. The number of hydrogen-bond acceptors (Lipinski definition) is 3. The summed E-state index contributed by atoms with van der Waals surface area (Å²) in [5.41, 5.74) is 4.54. The van der Waals surface area contributed by atoms with Crippen LogP contribution in [0.25, 0.3) is 0 Å². The smallest absolute Gasteiger partial charge is 0.246 e. The van der Waals surface area contributed by atoms with Gasteiger partial charge in [0.25, 0.3) is 0 Å². The molecule has 0 bridgehead atoms. The van der Waals surface area contributed by atoms with E-state index in [-0.39, 0.29) is 12.5 Å². The number of aryl methyl sites for hydroxylation is 2. The van der Waals surface area contributed by atoms with Crippen LogP contribution in [0, 0.1) is 20.8 Å². The summed E-state index contributed by atoms with van der Waals surface area (Å²) >= 11 is 3.40. The highest BCUT2D eigenvalue weighted by atomic mass is 79.9. The van der Waals surface area contributed by atoms with Gasteiger partial charge in [0.05, 0.1) is 33.8 Å². The average molecular weight is 402 g/mol. The van der Waals surface area contributed by atoms with E-state index in [0.29, 0.717) is 6.54 Å². The number of rotatable bonds is 5. The van der Waals surface area contributed by atoms with E-state index in [1.165, 1.54) is 5.56 Å². The largest absolute Gasteiger partial charge is 0.321 e. The SMILES string of the molecule is Cc1nn(CC(=O)Nc2c(C)nn(Cc3ccccc3)c2C)cc1Br. The number of carbonyl (C=O) groups is 1. The van der Waals surface area contributed by atoms with E-state index in [1.54, 1.807) is 10.9 Å². The van der Waals surface area contributed by atoms with E-state index in [0.717, 1.165) is 27.2 Å². The molecule has 0 unspecified atom stereocenters. The van der Waals surface area contributed by atoms with Crippen LogP contribution in [0.1, 0.15) is 22.6 Å². The first-order chi connectivity index (χ1) is 11.9. The Bertz CT molecular complexity index is 878. The number of carbonyl (C=O) groups excluding carboxylic acids is 1. The van der Waals surface area contributed by atoms with Crippen LogP contribution in [0.2, 0.25) is 0 Å². The lowest BCUT2D eigenvalue weighted by atomic mass is 10.2. The first kappa shape index (κ1) is 17.4. The normalized spacial score (nSPS) is 10.9. The zero-order valence-corrected chi connectivity index (χ0v) is 16.0. The minimum Gasteiger partial charge on any atom is -0.321 e. The quantitative estimate of drug-likeness (QED) is 0.711. The highest BCUT2D eigenvalue weighted by molar-refractivity contribution is 9.10. The van der Waals surface area contributed by atoms with Gasteiger partial charge >= 0.3 is 0 Å². The maximum atomic E-state index is 12.4. The lowest BCUT2D eigenvalue weighted by Crippen LogP contribution is -2.20. The maximum Gasteiger partial charge on any atom is 0.246 e. The Morgan fingerprint density at radius 1 is 1.12 bits per heavy atom. The third kappa shape index (κ3) is 3.99. The summed E-state index contributed by atoms with van der Waals surface area (Å²) in [5, 5.41) is 11.8. The molecule has 6 nitrogen and oxygen atoms in total. The van der Waals surface area contributed by atoms with Crippen molar-refractivity contribution < 1.29 is 4.79 Å². The maximum absolute atomic E-state index is 12.4. The molecule has 130 valence electrons. The topological polar surface area (TPSA) is 64.7 Å². The summed E-state index contributed by atoms with van der Waals surface area (Å²) in [7, 11) is 0. The van der Waals surface area contributed by atoms with E-state index < -0.39 is 0 Å². The average Bonchev–Trinajstić information content (AvgIpc) is 3.01. The number of anilines is 1. The van der Waals surface area contributed by atoms with Crippen LogP contribution >= 0.6 is 15.9 Å². The molecule has 1 aromatic carbocycles. The molecule has 0 fully saturated rings. The fourth-order valence-electron chi connectivity index (χ4n) is 2.69. The van der Waals surface area contributed by atoms with Gasteiger partial charge in [-0.05, 0) is 42.3 Å². The second-order valence-corrected chi connectivity index (χ2v) is 6.85. The third-order valence-electron chi connectivity index (χ3n) is 4.01. The molecule has 0 saturated heterocycles. The monoisotopic (exact) mass is 401 g/mol. The Kier molecular flexibility index (Phi) is 5.03. The van der Waals surface area contributed by atoms with Crippen molar-refractivity contribution in [3.05, 3.63) is 63.6 Å². The number of nitrogens with zero attached hydrogens (tertiary/aromatic N) is 4. The summed E-state index contributed by atoms with van der Waals surface area (Å²) < 4.78 is 4.42. The molecule has 7 heteroatoms. The summed E-state index contributed by atoms with van der Waals surface area (Å²) in [6.07, 6.45) is 1.80. The van der Waals surface area contributed by atoms with Crippen molar-refractivity contribution >= 4 is 27.5 Å². The molecule has 0 spiro atoms. The Hall–Kier alpha value is -2.41. The van der Waals surface area contributed by atoms with Crippen LogP contribution < -0.4 is 5.32 Å². The van der Waals surface area contributed by atoms with Crippen LogP contribution in [-0.4, -0.2) is 25.5 Å². The van der Waals surface area contributed by atoms with E-state index in [2.05, 4.69) is 43.6 Å². The van der Waals surface area contributed by atoms with Gasteiger partial charge in [-0.2, -0.15) is 10.2 Å². The molecule has 2 heterocycles. The standard InChI is InChI=1S/C18H20BrN5O/c1-12-16(19)10-23(21-12)11-17(25)20-18-13(2)22-24(14(18)3)9-15-7-5-4-6-8-15/h4-8,10H,9,11H2,1-3H3,(H,20,25). The van der Waals surface area contributed by atoms with Crippen molar-refractivity contribution in [3.63, 3.8) is 0 Å². The Morgan fingerprint density at radius 2 is 1.84 bits per heavy atom. The van der Waals surface area contributed by atoms with Crippen molar-refractivity contribution in [1.29, 1.82) is 0 Å². The summed E-state index contributed by atoms with van der Waals surface area (Å²) in [5.74, 6) is -0.125. The van der Waals surface area contributed by atoms with Gasteiger partial charge in [0.15, 0.2) is 0 Å². The molecular formula is C18H20BrN5O. The van der Waals surface area contributed by atoms with Crippen molar-refractivity contribution in [2.24, 2.45) is 0 Å². The minimum atomic E-state index is -0.125. The van der Waals surface area contributed by atoms with Crippen molar-refractivity contribution in [2.45, 2.75) is 33.9 Å². The predicted molar refractivity (Wildman–Crippen MR) is 101 cm³/mol. The molecule has 0 aliphatic carbocycles. The van der Waals surface area contributed by atoms with Crippen molar-refractivity contribution in [1.82, 2.24) is 19.6 Å². The van der Waals surface area contributed by atoms with Gasteiger partial charge in [-0.1, -0.05) is 30.3 Å². The fourth-order valence-corrected chi connectivity index (χ4v) is 3.00. The molecule has 25 heavy (non-hydrogen) atoms. The molecule has 0 radical (unpaired) electrons. The van der Waals surface area contributed by atoms with Gasteiger partial charge in [0.2, 0.25) is 5.91 Å². The lowest BCUT2D eigenvalue weighted by molar-refractivity contribution is -0.116. The highest BCUT2D eigenvalue weighted by Crippen LogP contribution is 2.21. The Balaban J connectivity index is 1.73. The first-order valence-corrected chi connectivity index (χ1v) is 8.80. The van der Waals surface area contributed by atoms with Crippen LogP contribution in [-0.2, 0) is 17.9 Å². The van der Waals surface area contributed by atoms with Crippen molar-refractivity contribution in [3.8, 4) is 0 Å². The first-order valence-electron chi connectivity index (χ1n) is 8.01. The predicted octanol–water partition coefficient (Wildman–Crippen LogP) is 3.45. The van der Waals surface area contributed by atoms with E-state index in [4.69, 9.17) is 0 Å². The molecule has 3 aromatic rings. The van der Waals surface area contributed by atoms with E-state index in [1.807, 2.05) is 43.7 Å². The van der Waals surface area contributed by atoms with Gasteiger partial charge < -0.3 is 5.32 Å². The van der Waals surface area contributed by atoms with Crippen LogP contribution in [0.5, 0.6) is 0 Å². The zero-order valence-electron chi connectivity index (χ0n) is 14.5. The number of amides is 1. The van der Waals surface area contributed by atoms with E-state index in [9.17, 15) is 4.79 Å². The molecule has 3 rings (SSSR count). The number of halogens is 1. The van der Waals surface area contributed by atoms with Gasteiger partial charge in [-0.25, -0.2) is 0 Å². The van der Waals surface area contributed by atoms with Crippen LogP contribution in [0.3, 0.4) is 0 Å². The molecule has 0 aliphatic rings. The van der Waals surface area contributed by atoms with Gasteiger partial charge in [0, 0.05) is 6.20 Å². The number of aromatic nitrogens is 4. The fraction of sp³-hybridized carbons (Fsp3) is 0.278. The minimum absolute atomic E-state index is 0.125. The van der Waals surface area contributed by atoms with Gasteiger partial charge in [0.1, 0.15) is 6.54 Å². The molecule has 1 N–H and O–H groups in total. The molecule has 0 aliphatic heterocycles. The summed E-state index contributed by atoms with van der Waals surface area (Å²) in [4.78, 5) is 12.4. The molecular weight excluding hydrogens is 382 g/mol. The van der Waals surface area contributed by atoms with Gasteiger partial charge in [-0.15, -0.1) is 0 Å². The van der Waals surface area contributed by atoms with E-state index >= 15 is 0 Å². The Labute approximate surface area is 155 Å². The highest BCUT2D eigenvalue weighted by Gasteiger charge is 2.15. The second-order valence-electron chi connectivity index (χ2n) is 6.00. The lowest BCUT2D eigenvalue weighted by Gasteiger charge is -2.07. The molecule has 2 aromatic heterocycles.